The minimum absolute atomic E-state index is 0.627. The molecule has 0 saturated carbocycles. The molecule has 2 heterocycles. The van der Waals surface area contributed by atoms with E-state index in [-0.39, 0.29) is 0 Å². The first-order valence-electron chi connectivity index (χ1n) is 7.49. The van der Waals surface area contributed by atoms with Crippen molar-refractivity contribution >= 4 is 0 Å². The third-order valence-electron chi connectivity index (χ3n) is 3.97. The Balaban J connectivity index is 1.98. The quantitative estimate of drug-likeness (QED) is 0.903. The Morgan fingerprint density at radius 3 is 2.89 bits per heavy atom. The zero-order valence-corrected chi connectivity index (χ0v) is 12.8. The van der Waals surface area contributed by atoms with Gasteiger partial charge in [-0.25, -0.2) is 0 Å². The molecule has 19 heavy (non-hydrogen) atoms. The summed E-state index contributed by atoms with van der Waals surface area (Å²) in [5, 5.41) is 7.97. The molecule has 1 aromatic rings. The standard InChI is InChI=1S/C15H28N4/c1-12(2)7-15-11-19(13(3)5-6-16-15)10-14-8-17-18(4)9-14/h8-9,12-13,15-16H,5-7,10-11H2,1-4H3. The van der Waals surface area contributed by atoms with Crippen LogP contribution >= 0.6 is 0 Å². The summed E-state index contributed by atoms with van der Waals surface area (Å²) < 4.78 is 1.89. The van der Waals surface area contributed by atoms with E-state index in [0.717, 1.165) is 25.6 Å². The van der Waals surface area contributed by atoms with Gasteiger partial charge in [0.25, 0.3) is 0 Å². The summed E-state index contributed by atoms with van der Waals surface area (Å²) in [4.78, 5) is 2.60. The molecule has 1 aromatic heterocycles. The molecular weight excluding hydrogens is 236 g/mol. The third kappa shape index (κ3) is 4.32. The molecular formula is C15H28N4. The third-order valence-corrected chi connectivity index (χ3v) is 3.97. The topological polar surface area (TPSA) is 33.1 Å². The second-order valence-electron chi connectivity index (χ2n) is 6.37. The van der Waals surface area contributed by atoms with Crippen LogP contribution in [0.2, 0.25) is 0 Å². The minimum atomic E-state index is 0.627. The van der Waals surface area contributed by atoms with Crippen LogP contribution in [0.5, 0.6) is 0 Å². The van der Waals surface area contributed by atoms with Gasteiger partial charge in [0.1, 0.15) is 0 Å². The molecule has 4 nitrogen and oxygen atoms in total. The number of nitrogens with zero attached hydrogens (tertiary/aromatic N) is 3. The molecule has 1 aliphatic rings. The Morgan fingerprint density at radius 2 is 2.26 bits per heavy atom. The summed E-state index contributed by atoms with van der Waals surface area (Å²) in [5.41, 5.74) is 1.32. The van der Waals surface area contributed by atoms with Crippen LogP contribution in [0, 0.1) is 5.92 Å². The van der Waals surface area contributed by atoms with Gasteiger partial charge in [-0.05, 0) is 32.2 Å². The fraction of sp³-hybridized carbons (Fsp3) is 0.800. The van der Waals surface area contributed by atoms with Crippen molar-refractivity contribution in [2.75, 3.05) is 13.1 Å². The van der Waals surface area contributed by atoms with Crippen LogP contribution in [0.25, 0.3) is 0 Å². The van der Waals surface area contributed by atoms with Crippen molar-refractivity contribution in [3.63, 3.8) is 0 Å². The van der Waals surface area contributed by atoms with Crippen molar-refractivity contribution in [1.29, 1.82) is 0 Å². The van der Waals surface area contributed by atoms with E-state index in [1.54, 1.807) is 0 Å². The van der Waals surface area contributed by atoms with E-state index >= 15 is 0 Å². The van der Waals surface area contributed by atoms with Gasteiger partial charge in [0.05, 0.1) is 6.20 Å². The van der Waals surface area contributed by atoms with Crippen LogP contribution in [-0.4, -0.2) is 39.9 Å². The van der Waals surface area contributed by atoms with E-state index in [0.29, 0.717) is 12.1 Å². The molecule has 1 N–H and O–H groups in total. The van der Waals surface area contributed by atoms with Gasteiger partial charge in [0.15, 0.2) is 0 Å². The van der Waals surface area contributed by atoms with E-state index in [2.05, 4.69) is 42.3 Å². The first kappa shape index (κ1) is 14.5. The van der Waals surface area contributed by atoms with Gasteiger partial charge in [-0.2, -0.15) is 5.10 Å². The van der Waals surface area contributed by atoms with Crippen molar-refractivity contribution < 1.29 is 0 Å². The van der Waals surface area contributed by atoms with Crippen molar-refractivity contribution in [3.05, 3.63) is 18.0 Å². The Labute approximate surface area is 117 Å². The van der Waals surface area contributed by atoms with Crippen LogP contribution in [0.15, 0.2) is 12.4 Å². The lowest BCUT2D eigenvalue weighted by Gasteiger charge is -2.29. The molecule has 108 valence electrons. The summed E-state index contributed by atoms with van der Waals surface area (Å²) in [6.07, 6.45) is 6.61. The predicted molar refractivity (Wildman–Crippen MR) is 78.9 cm³/mol. The zero-order valence-electron chi connectivity index (χ0n) is 12.8. The molecule has 0 spiro atoms. The van der Waals surface area contributed by atoms with Crippen LogP contribution < -0.4 is 5.32 Å². The second-order valence-corrected chi connectivity index (χ2v) is 6.37. The van der Waals surface area contributed by atoms with E-state index in [9.17, 15) is 0 Å². The molecule has 1 aliphatic heterocycles. The van der Waals surface area contributed by atoms with Crippen LogP contribution in [-0.2, 0) is 13.6 Å². The number of nitrogens with one attached hydrogen (secondary N) is 1. The number of rotatable bonds is 4. The van der Waals surface area contributed by atoms with E-state index in [1.807, 2.05) is 17.9 Å². The van der Waals surface area contributed by atoms with Crippen LogP contribution in [0.1, 0.15) is 39.2 Å². The minimum Gasteiger partial charge on any atom is -0.313 e. The van der Waals surface area contributed by atoms with Gasteiger partial charge in [-0.1, -0.05) is 13.8 Å². The highest BCUT2D eigenvalue weighted by Crippen LogP contribution is 2.16. The molecule has 1 fully saturated rings. The normalized spacial score (nSPS) is 25.7. The highest BCUT2D eigenvalue weighted by atomic mass is 15.3. The SMILES string of the molecule is CC(C)CC1CN(Cc2cnn(C)c2)C(C)CCN1. The summed E-state index contributed by atoms with van der Waals surface area (Å²) in [6, 6.07) is 1.27. The van der Waals surface area contributed by atoms with Crippen molar-refractivity contribution in [3.8, 4) is 0 Å². The van der Waals surface area contributed by atoms with Crippen molar-refractivity contribution in [2.24, 2.45) is 13.0 Å². The molecule has 0 bridgehead atoms. The maximum atomic E-state index is 4.27. The second kappa shape index (κ2) is 6.53. The number of hydrogen-bond acceptors (Lipinski definition) is 3. The zero-order chi connectivity index (χ0) is 13.8. The Hall–Kier alpha value is -0.870. The maximum Gasteiger partial charge on any atom is 0.0534 e. The fourth-order valence-corrected chi connectivity index (χ4v) is 2.94. The Morgan fingerprint density at radius 1 is 1.47 bits per heavy atom. The van der Waals surface area contributed by atoms with Crippen LogP contribution in [0.3, 0.4) is 0 Å². The molecule has 0 aliphatic carbocycles. The van der Waals surface area contributed by atoms with Gasteiger partial charge >= 0.3 is 0 Å². The van der Waals surface area contributed by atoms with Crippen molar-refractivity contribution in [2.45, 2.75) is 52.2 Å². The summed E-state index contributed by atoms with van der Waals surface area (Å²) >= 11 is 0. The van der Waals surface area contributed by atoms with Gasteiger partial charge < -0.3 is 5.32 Å². The Bertz CT molecular complexity index is 385. The first-order chi connectivity index (χ1) is 9.04. The molecule has 2 atom stereocenters. The van der Waals surface area contributed by atoms with Gasteiger partial charge in [-0.3, -0.25) is 9.58 Å². The highest BCUT2D eigenvalue weighted by molar-refractivity contribution is 5.04. The molecule has 4 heteroatoms. The van der Waals surface area contributed by atoms with E-state index in [1.165, 1.54) is 18.4 Å². The van der Waals surface area contributed by atoms with E-state index in [4.69, 9.17) is 0 Å². The average Bonchev–Trinajstić information content (AvgIpc) is 2.64. The lowest BCUT2D eigenvalue weighted by atomic mass is 10.0. The van der Waals surface area contributed by atoms with Gasteiger partial charge in [-0.15, -0.1) is 0 Å². The smallest absolute Gasteiger partial charge is 0.0534 e. The summed E-state index contributed by atoms with van der Waals surface area (Å²) in [5.74, 6) is 0.756. The monoisotopic (exact) mass is 264 g/mol. The number of aryl methyl sites for hydroxylation is 1. The molecule has 0 radical (unpaired) electrons. The number of aromatic nitrogens is 2. The molecule has 0 aromatic carbocycles. The van der Waals surface area contributed by atoms with E-state index < -0.39 is 0 Å². The van der Waals surface area contributed by atoms with Gasteiger partial charge in [0, 0.05) is 44.0 Å². The Kier molecular flexibility index (Phi) is 4.99. The van der Waals surface area contributed by atoms with Gasteiger partial charge in [0.2, 0.25) is 0 Å². The molecule has 2 rings (SSSR count). The fourth-order valence-electron chi connectivity index (χ4n) is 2.94. The maximum absolute atomic E-state index is 4.27. The predicted octanol–water partition coefficient (Wildman–Crippen LogP) is 2.02. The summed E-state index contributed by atoms with van der Waals surface area (Å²) in [7, 11) is 1.98. The lowest BCUT2D eigenvalue weighted by molar-refractivity contribution is 0.189. The molecule has 2 unspecified atom stereocenters. The average molecular weight is 264 g/mol. The summed E-state index contributed by atoms with van der Waals surface area (Å²) in [6.45, 7) is 10.3. The van der Waals surface area contributed by atoms with Crippen LogP contribution in [0.4, 0.5) is 0 Å². The largest absolute Gasteiger partial charge is 0.313 e. The number of hydrogen-bond donors (Lipinski definition) is 1. The first-order valence-corrected chi connectivity index (χ1v) is 7.49. The highest BCUT2D eigenvalue weighted by Gasteiger charge is 2.23. The molecule has 1 saturated heterocycles. The lowest BCUT2D eigenvalue weighted by Crippen LogP contribution is -2.40. The molecule has 0 amide bonds. The van der Waals surface area contributed by atoms with Crippen molar-refractivity contribution in [1.82, 2.24) is 20.0 Å².